The lowest BCUT2D eigenvalue weighted by Crippen LogP contribution is -2.29. The van der Waals surface area contributed by atoms with Gasteiger partial charge in [-0.1, -0.05) is 6.92 Å². The highest BCUT2D eigenvalue weighted by Gasteiger charge is 2.12. The van der Waals surface area contributed by atoms with E-state index < -0.39 is 0 Å². The Labute approximate surface area is 142 Å². The van der Waals surface area contributed by atoms with Gasteiger partial charge in [0.15, 0.2) is 0 Å². The van der Waals surface area contributed by atoms with Crippen LogP contribution in [0.4, 0.5) is 0 Å². The van der Waals surface area contributed by atoms with E-state index in [0.29, 0.717) is 0 Å². The molecule has 3 nitrogen and oxygen atoms in total. The minimum Gasteiger partial charge on any atom is -0.493 e. The molecule has 0 aromatic heterocycles. The van der Waals surface area contributed by atoms with Crippen molar-refractivity contribution < 1.29 is 4.74 Å². The van der Waals surface area contributed by atoms with Gasteiger partial charge in [0.05, 0.1) is 6.61 Å². The van der Waals surface area contributed by atoms with Crippen LogP contribution in [0.5, 0.6) is 5.75 Å². The van der Waals surface area contributed by atoms with Crippen molar-refractivity contribution in [1.29, 1.82) is 0 Å². The van der Waals surface area contributed by atoms with Crippen LogP contribution in [0.15, 0.2) is 6.07 Å². The molecule has 2 rings (SSSR count). The summed E-state index contributed by atoms with van der Waals surface area (Å²) in [4.78, 5) is 2.61. The van der Waals surface area contributed by atoms with Gasteiger partial charge >= 0.3 is 0 Å². The number of nitrogens with zero attached hydrogens (tertiary/aromatic N) is 1. The second-order valence-electron chi connectivity index (χ2n) is 6.82. The van der Waals surface area contributed by atoms with E-state index in [-0.39, 0.29) is 0 Å². The van der Waals surface area contributed by atoms with Gasteiger partial charge in [-0.25, -0.2) is 0 Å². The molecule has 0 aliphatic carbocycles. The summed E-state index contributed by atoms with van der Waals surface area (Å²) in [5, 5.41) is 3.48. The Morgan fingerprint density at radius 1 is 1.13 bits per heavy atom. The van der Waals surface area contributed by atoms with E-state index in [9.17, 15) is 0 Å². The molecule has 1 saturated heterocycles. The van der Waals surface area contributed by atoms with Crippen molar-refractivity contribution in [3.05, 3.63) is 28.3 Å². The van der Waals surface area contributed by atoms with Crippen LogP contribution >= 0.6 is 0 Å². The summed E-state index contributed by atoms with van der Waals surface area (Å²) in [7, 11) is 0. The molecule has 1 aromatic carbocycles. The van der Waals surface area contributed by atoms with Crippen LogP contribution in [0, 0.1) is 20.8 Å². The molecule has 1 fully saturated rings. The molecular formula is C20H34N2O. The molecule has 0 radical (unpaired) electrons. The molecule has 0 saturated carbocycles. The molecule has 3 heteroatoms. The SMILES string of the molecule is CCCOc1cc(C)c(CCCN2CCCNCC2)c(C)c1C. The normalized spacial score (nSPS) is 16.3. The van der Waals surface area contributed by atoms with Gasteiger partial charge in [0.25, 0.3) is 0 Å². The van der Waals surface area contributed by atoms with Crippen molar-refractivity contribution in [1.82, 2.24) is 10.2 Å². The number of rotatable bonds is 7. The van der Waals surface area contributed by atoms with E-state index in [1.165, 1.54) is 67.7 Å². The smallest absolute Gasteiger partial charge is 0.122 e. The highest BCUT2D eigenvalue weighted by atomic mass is 16.5. The van der Waals surface area contributed by atoms with Crippen LogP contribution in [0.2, 0.25) is 0 Å². The van der Waals surface area contributed by atoms with Gasteiger partial charge in [-0.05, 0) is 94.4 Å². The summed E-state index contributed by atoms with van der Waals surface area (Å²) in [6.07, 6.45) is 4.76. The van der Waals surface area contributed by atoms with E-state index in [1.807, 2.05) is 0 Å². The summed E-state index contributed by atoms with van der Waals surface area (Å²) in [5.74, 6) is 1.07. The number of nitrogens with one attached hydrogen (secondary N) is 1. The molecule has 0 amide bonds. The Bertz CT molecular complexity index is 491. The predicted octanol–water partition coefficient (Wildman–Crippen LogP) is 3.63. The number of benzene rings is 1. The van der Waals surface area contributed by atoms with E-state index in [4.69, 9.17) is 4.74 Å². The lowest BCUT2D eigenvalue weighted by molar-refractivity contribution is 0.288. The van der Waals surface area contributed by atoms with Crippen molar-refractivity contribution >= 4 is 0 Å². The molecule has 1 heterocycles. The van der Waals surface area contributed by atoms with Crippen molar-refractivity contribution in [3.8, 4) is 5.75 Å². The van der Waals surface area contributed by atoms with E-state index in [0.717, 1.165) is 25.3 Å². The van der Waals surface area contributed by atoms with Gasteiger partial charge in [-0.3, -0.25) is 0 Å². The monoisotopic (exact) mass is 318 g/mol. The maximum atomic E-state index is 5.90. The van der Waals surface area contributed by atoms with Gasteiger partial charge < -0.3 is 15.0 Å². The molecule has 23 heavy (non-hydrogen) atoms. The predicted molar refractivity (Wildman–Crippen MR) is 98.7 cm³/mol. The molecule has 130 valence electrons. The van der Waals surface area contributed by atoms with Gasteiger partial charge in [-0.2, -0.15) is 0 Å². The first-order chi connectivity index (χ1) is 11.1. The fraction of sp³-hybridized carbons (Fsp3) is 0.700. The topological polar surface area (TPSA) is 24.5 Å². The minimum absolute atomic E-state index is 0.808. The second kappa shape index (κ2) is 9.29. The van der Waals surface area contributed by atoms with Crippen LogP contribution in [-0.2, 0) is 6.42 Å². The molecule has 0 unspecified atom stereocenters. The van der Waals surface area contributed by atoms with Crippen LogP contribution < -0.4 is 10.1 Å². The number of aryl methyl sites for hydroxylation is 1. The Balaban J connectivity index is 1.95. The average Bonchev–Trinajstić information content (AvgIpc) is 2.81. The minimum atomic E-state index is 0.808. The first-order valence-corrected chi connectivity index (χ1v) is 9.29. The van der Waals surface area contributed by atoms with E-state index in [1.54, 1.807) is 0 Å². The molecule has 1 aromatic rings. The zero-order valence-electron chi connectivity index (χ0n) is 15.5. The lowest BCUT2D eigenvalue weighted by atomic mass is 9.94. The van der Waals surface area contributed by atoms with Gasteiger partial charge in [0.1, 0.15) is 5.75 Å². The third kappa shape index (κ3) is 5.22. The van der Waals surface area contributed by atoms with Crippen LogP contribution in [0.3, 0.4) is 0 Å². The summed E-state index contributed by atoms with van der Waals surface area (Å²) in [6, 6.07) is 2.24. The molecule has 0 atom stereocenters. The second-order valence-corrected chi connectivity index (χ2v) is 6.82. The Morgan fingerprint density at radius 3 is 2.74 bits per heavy atom. The highest BCUT2D eigenvalue weighted by molar-refractivity contribution is 5.48. The molecule has 1 N–H and O–H groups in total. The van der Waals surface area contributed by atoms with Crippen molar-refractivity contribution in [3.63, 3.8) is 0 Å². The van der Waals surface area contributed by atoms with E-state index >= 15 is 0 Å². The third-order valence-corrected chi connectivity index (χ3v) is 5.00. The number of hydrogen-bond acceptors (Lipinski definition) is 3. The van der Waals surface area contributed by atoms with Crippen molar-refractivity contribution in [2.75, 3.05) is 39.3 Å². The van der Waals surface area contributed by atoms with E-state index in [2.05, 4.69) is 44.0 Å². The standard InChI is InChI=1S/C20H34N2O/c1-5-14-23-20-15-16(2)19(17(3)18(20)4)8-6-11-22-12-7-9-21-10-13-22/h15,21H,5-14H2,1-4H3. The zero-order valence-corrected chi connectivity index (χ0v) is 15.5. The van der Waals surface area contributed by atoms with Crippen molar-refractivity contribution in [2.45, 2.75) is 53.4 Å². The zero-order chi connectivity index (χ0) is 16.7. The highest BCUT2D eigenvalue weighted by Crippen LogP contribution is 2.28. The third-order valence-electron chi connectivity index (χ3n) is 5.00. The van der Waals surface area contributed by atoms with Gasteiger partial charge in [-0.15, -0.1) is 0 Å². The number of hydrogen-bond donors (Lipinski definition) is 1. The first kappa shape index (κ1) is 18.3. The fourth-order valence-corrected chi connectivity index (χ4v) is 3.45. The van der Waals surface area contributed by atoms with Gasteiger partial charge in [0, 0.05) is 13.1 Å². The average molecular weight is 319 g/mol. The van der Waals surface area contributed by atoms with Crippen molar-refractivity contribution in [2.24, 2.45) is 0 Å². The maximum Gasteiger partial charge on any atom is 0.122 e. The quantitative estimate of drug-likeness (QED) is 0.831. The van der Waals surface area contributed by atoms with Crippen LogP contribution in [0.1, 0.15) is 48.4 Å². The van der Waals surface area contributed by atoms with Gasteiger partial charge in [0.2, 0.25) is 0 Å². The summed E-state index contributed by atoms with van der Waals surface area (Å²) >= 11 is 0. The molecule has 0 bridgehead atoms. The molecule has 1 aliphatic heterocycles. The molecular weight excluding hydrogens is 284 g/mol. The molecule has 0 spiro atoms. The van der Waals surface area contributed by atoms with Crippen LogP contribution in [0.25, 0.3) is 0 Å². The Kier molecular flexibility index (Phi) is 7.38. The summed E-state index contributed by atoms with van der Waals surface area (Å²) < 4.78 is 5.90. The Morgan fingerprint density at radius 2 is 1.96 bits per heavy atom. The summed E-state index contributed by atoms with van der Waals surface area (Å²) in [6.45, 7) is 15.6. The largest absolute Gasteiger partial charge is 0.493 e. The van der Waals surface area contributed by atoms with Crippen LogP contribution in [-0.4, -0.2) is 44.2 Å². The first-order valence-electron chi connectivity index (χ1n) is 9.29. The number of ether oxygens (including phenoxy) is 1. The summed E-state index contributed by atoms with van der Waals surface area (Å²) in [5.41, 5.74) is 5.66. The fourth-order valence-electron chi connectivity index (χ4n) is 3.45. The molecule has 1 aliphatic rings. The lowest BCUT2D eigenvalue weighted by Gasteiger charge is -2.21. The maximum absolute atomic E-state index is 5.90. The Hall–Kier alpha value is -1.06.